The highest BCUT2D eigenvalue weighted by atomic mass is 32.1. The van der Waals surface area contributed by atoms with E-state index in [4.69, 9.17) is 0 Å². The van der Waals surface area contributed by atoms with Crippen LogP contribution >= 0.6 is 11.3 Å². The highest BCUT2D eigenvalue weighted by Crippen LogP contribution is 2.29. The predicted octanol–water partition coefficient (Wildman–Crippen LogP) is 2.53. The molecule has 1 unspecified atom stereocenters. The number of likely N-dealkylation sites (N-methyl/N-ethyl adjacent to an activating group) is 1. The second-order valence-corrected chi connectivity index (χ2v) is 6.78. The van der Waals surface area contributed by atoms with Crippen molar-refractivity contribution in [1.29, 1.82) is 0 Å². The molecule has 2 rings (SSSR count). The lowest BCUT2D eigenvalue weighted by molar-refractivity contribution is -0.130. The molecular weight excluding hydrogens is 270 g/mol. The maximum Gasteiger partial charge on any atom is 0.236 e. The fourth-order valence-corrected chi connectivity index (χ4v) is 3.33. The molecule has 1 aromatic rings. The molecule has 0 spiro atoms. The number of aryl methyl sites for hydroxylation is 2. The second kappa shape index (κ2) is 6.68. The van der Waals surface area contributed by atoms with Gasteiger partial charge in [-0.1, -0.05) is 6.92 Å². The van der Waals surface area contributed by atoms with Gasteiger partial charge < -0.3 is 10.2 Å². The molecule has 1 atom stereocenters. The first kappa shape index (κ1) is 15.4. The Morgan fingerprint density at radius 1 is 1.55 bits per heavy atom. The number of rotatable bonds is 7. The average molecular weight is 295 g/mol. The molecule has 0 bridgehead atoms. The van der Waals surface area contributed by atoms with Crippen LogP contribution in [0.2, 0.25) is 0 Å². The van der Waals surface area contributed by atoms with Crippen LogP contribution < -0.4 is 5.32 Å². The van der Waals surface area contributed by atoms with Crippen molar-refractivity contribution in [2.45, 2.75) is 46.1 Å². The topological polar surface area (TPSA) is 45.2 Å². The standard InChI is InChI=1S/C15H25N3OS/c1-5-13-17-10(2)15(20-13)11(3)18(4)14(19)9-16-8-12-6-7-12/h11-12,16H,5-9H2,1-4H3. The first-order valence-corrected chi connectivity index (χ1v) is 8.27. The van der Waals surface area contributed by atoms with Crippen molar-refractivity contribution in [3.63, 3.8) is 0 Å². The van der Waals surface area contributed by atoms with Gasteiger partial charge in [0.25, 0.3) is 0 Å². The minimum Gasteiger partial charge on any atom is -0.337 e. The van der Waals surface area contributed by atoms with Crippen LogP contribution in [0.4, 0.5) is 0 Å². The van der Waals surface area contributed by atoms with Gasteiger partial charge in [-0.15, -0.1) is 11.3 Å². The Balaban J connectivity index is 1.90. The van der Waals surface area contributed by atoms with Crippen LogP contribution in [0.15, 0.2) is 0 Å². The molecule has 112 valence electrons. The van der Waals surface area contributed by atoms with Crippen molar-refractivity contribution < 1.29 is 4.79 Å². The van der Waals surface area contributed by atoms with E-state index in [2.05, 4.69) is 24.1 Å². The molecule has 0 aliphatic heterocycles. The Morgan fingerprint density at radius 2 is 2.25 bits per heavy atom. The molecule has 1 N–H and O–H groups in total. The smallest absolute Gasteiger partial charge is 0.236 e. The van der Waals surface area contributed by atoms with Crippen molar-refractivity contribution in [3.8, 4) is 0 Å². The summed E-state index contributed by atoms with van der Waals surface area (Å²) >= 11 is 1.73. The summed E-state index contributed by atoms with van der Waals surface area (Å²) in [4.78, 5) is 19.8. The SMILES string of the molecule is CCc1nc(C)c(C(C)N(C)C(=O)CNCC2CC2)s1. The van der Waals surface area contributed by atoms with E-state index in [1.54, 1.807) is 11.3 Å². The third kappa shape index (κ3) is 3.79. The number of hydrogen-bond acceptors (Lipinski definition) is 4. The number of amides is 1. The van der Waals surface area contributed by atoms with Gasteiger partial charge in [-0.25, -0.2) is 4.98 Å². The van der Waals surface area contributed by atoms with E-state index in [9.17, 15) is 4.79 Å². The van der Waals surface area contributed by atoms with Crippen LogP contribution in [0.1, 0.15) is 48.3 Å². The third-order valence-electron chi connectivity index (χ3n) is 3.94. The van der Waals surface area contributed by atoms with Crippen molar-refractivity contribution in [2.24, 2.45) is 5.92 Å². The Hall–Kier alpha value is -0.940. The summed E-state index contributed by atoms with van der Waals surface area (Å²) in [5, 5.41) is 4.41. The quantitative estimate of drug-likeness (QED) is 0.841. The number of thiazole rings is 1. The number of carbonyl (C=O) groups is 1. The van der Waals surface area contributed by atoms with E-state index in [1.807, 2.05) is 18.9 Å². The van der Waals surface area contributed by atoms with Crippen LogP contribution in [-0.4, -0.2) is 35.9 Å². The number of hydrogen-bond donors (Lipinski definition) is 1. The fourth-order valence-electron chi connectivity index (χ4n) is 2.23. The van der Waals surface area contributed by atoms with Crippen LogP contribution in [0.3, 0.4) is 0 Å². The molecule has 1 fully saturated rings. The molecule has 1 aliphatic rings. The van der Waals surface area contributed by atoms with Gasteiger partial charge in [0.2, 0.25) is 5.91 Å². The molecule has 1 aliphatic carbocycles. The zero-order valence-electron chi connectivity index (χ0n) is 12.9. The lowest BCUT2D eigenvalue weighted by atomic mass is 10.2. The Morgan fingerprint density at radius 3 is 2.80 bits per heavy atom. The lowest BCUT2D eigenvalue weighted by Gasteiger charge is -2.24. The molecule has 1 amide bonds. The minimum atomic E-state index is 0.100. The van der Waals surface area contributed by atoms with Crippen LogP contribution in [0.25, 0.3) is 0 Å². The Labute approximate surface area is 125 Å². The van der Waals surface area contributed by atoms with E-state index < -0.39 is 0 Å². The summed E-state index contributed by atoms with van der Waals surface area (Å²) in [6.45, 7) is 7.65. The van der Waals surface area contributed by atoms with E-state index in [-0.39, 0.29) is 11.9 Å². The molecular formula is C15H25N3OS. The molecule has 4 nitrogen and oxygen atoms in total. The van der Waals surface area contributed by atoms with Gasteiger partial charge in [0.15, 0.2) is 0 Å². The van der Waals surface area contributed by atoms with E-state index in [1.165, 1.54) is 17.7 Å². The van der Waals surface area contributed by atoms with Crippen LogP contribution in [0, 0.1) is 12.8 Å². The fraction of sp³-hybridized carbons (Fsp3) is 0.733. The van der Waals surface area contributed by atoms with Crippen LogP contribution in [-0.2, 0) is 11.2 Å². The highest BCUT2D eigenvalue weighted by molar-refractivity contribution is 7.11. The van der Waals surface area contributed by atoms with Gasteiger partial charge in [-0.3, -0.25) is 4.79 Å². The second-order valence-electron chi connectivity index (χ2n) is 5.67. The summed E-state index contributed by atoms with van der Waals surface area (Å²) in [7, 11) is 1.89. The van der Waals surface area contributed by atoms with E-state index in [0.717, 1.165) is 29.6 Å². The highest BCUT2D eigenvalue weighted by Gasteiger charge is 2.23. The molecule has 1 saturated carbocycles. The summed E-state index contributed by atoms with van der Waals surface area (Å²) in [5.41, 5.74) is 1.06. The zero-order chi connectivity index (χ0) is 14.7. The molecule has 5 heteroatoms. The van der Waals surface area contributed by atoms with Crippen molar-refractivity contribution >= 4 is 17.2 Å². The predicted molar refractivity (Wildman–Crippen MR) is 83.0 cm³/mol. The molecule has 0 aromatic carbocycles. The molecule has 1 aromatic heterocycles. The first-order valence-electron chi connectivity index (χ1n) is 7.45. The summed E-state index contributed by atoms with van der Waals surface area (Å²) in [6, 6.07) is 0.100. The third-order valence-corrected chi connectivity index (χ3v) is 5.41. The van der Waals surface area contributed by atoms with Crippen molar-refractivity contribution in [2.75, 3.05) is 20.1 Å². The summed E-state index contributed by atoms with van der Waals surface area (Å²) in [5.74, 6) is 0.963. The van der Waals surface area contributed by atoms with Gasteiger partial charge in [0, 0.05) is 11.9 Å². The van der Waals surface area contributed by atoms with Crippen LogP contribution in [0.5, 0.6) is 0 Å². The lowest BCUT2D eigenvalue weighted by Crippen LogP contribution is -2.37. The molecule has 20 heavy (non-hydrogen) atoms. The minimum absolute atomic E-state index is 0.100. The number of aromatic nitrogens is 1. The normalized spacial score (nSPS) is 16.2. The molecule has 1 heterocycles. The molecule has 0 radical (unpaired) electrons. The van der Waals surface area contributed by atoms with E-state index in [0.29, 0.717) is 6.54 Å². The van der Waals surface area contributed by atoms with Gasteiger partial charge in [-0.05, 0) is 45.6 Å². The summed E-state index contributed by atoms with van der Waals surface area (Å²) in [6.07, 6.45) is 3.58. The zero-order valence-corrected chi connectivity index (χ0v) is 13.7. The average Bonchev–Trinajstić information content (AvgIpc) is 3.18. The Kier molecular flexibility index (Phi) is 5.16. The van der Waals surface area contributed by atoms with E-state index >= 15 is 0 Å². The first-order chi connectivity index (χ1) is 9.52. The maximum absolute atomic E-state index is 12.2. The van der Waals surface area contributed by atoms with Gasteiger partial charge >= 0.3 is 0 Å². The maximum atomic E-state index is 12.2. The van der Waals surface area contributed by atoms with Gasteiger partial charge in [0.05, 0.1) is 23.3 Å². The number of nitrogens with one attached hydrogen (secondary N) is 1. The molecule has 0 saturated heterocycles. The number of carbonyl (C=O) groups excluding carboxylic acids is 1. The van der Waals surface area contributed by atoms with Crippen molar-refractivity contribution in [1.82, 2.24) is 15.2 Å². The Bertz CT molecular complexity index is 468. The number of nitrogens with zero attached hydrogens (tertiary/aromatic N) is 2. The monoisotopic (exact) mass is 295 g/mol. The van der Waals surface area contributed by atoms with Crippen molar-refractivity contribution in [3.05, 3.63) is 15.6 Å². The summed E-state index contributed by atoms with van der Waals surface area (Å²) < 4.78 is 0. The largest absolute Gasteiger partial charge is 0.337 e. The van der Waals surface area contributed by atoms with Gasteiger partial charge in [0.1, 0.15) is 0 Å². The van der Waals surface area contributed by atoms with Gasteiger partial charge in [-0.2, -0.15) is 0 Å².